The molecule has 1 amide bonds. The van der Waals surface area contributed by atoms with Gasteiger partial charge in [0.25, 0.3) is 0 Å². The van der Waals surface area contributed by atoms with Crippen molar-refractivity contribution in [3.8, 4) is 11.5 Å². The van der Waals surface area contributed by atoms with Crippen LogP contribution in [0.25, 0.3) is 0 Å². The number of anilines is 1. The summed E-state index contributed by atoms with van der Waals surface area (Å²) in [6, 6.07) is 5.40. The number of methoxy groups -OCH3 is 2. The lowest BCUT2D eigenvalue weighted by Gasteiger charge is -2.09. The van der Waals surface area contributed by atoms with E-state index in [1.165, 1.54) is 11.3 Å². The number of hydrogen-bond donors (Lipinski definition) is 1. The number of hydrogen-bond acceptors (Lipinski definition) is 7. The smallest absolute Gasteiger partial charge is 0.230 e. The molecular formula is C16H19N3O4S. The van der Waals surface area contributed by atoms with E-state index in [-0.39, 0.29) is 18.4 Å². The summed E-state index contributed by atoms with van der Waals surface area (Å²) in [5, 5.41) is 12.2. The van der Waals surface area contributed by atoms with Gasteiger partial charge in [-0.2, -0.15) is 0 Å². The number of carbonyl (C=O) groups is 1. The third-order valence-electron chi connectivity index (χ3n) is 3.70. The predicted molar refractivity (Wildman–Crippen MR) is 89.7 cm³/mol. The second-order valence-electron chi connectivity index (χ2n) is 5.36. The van der Waals surface area contributed by atoms with E-state index < -0.39 is 0 Å². The molecule has 1 atom stereocenters. The van der Waals surface area contributed by atoms with Crippen LogP contribution in [0, 0.1) is 0 Å². The van der Waals surface area contributed by atoms with Gasteiger partial charge in [-0.15, -0.1) is 10.2 Å². The highest BCUT2D eigenvalue weighted by atomic mass is 32.1. The van der Waals surface area contributed by atoms with Crippen molar-refractivity contribution in [3.05, 3.63) is 28.8 Å². The first-order valence-electron chi connectivity index (χ1n) is 7.65. The van der Waals surface area contributed by atoms with E-state index in [4.69, 9.17) is 14.2 Å². The molecule has 8 heteroatoms. The molecule has 7 nitrogen and oxygen atoms in total. The van der Waals surface area contributed by atoms with Crippen molar-refractivity contribution >= 4 is 22.4 Å². The number of amides is 1. The molecule has 0 aliphatic carbocycles. The maximum absolute atomic E-state index is 12.2. The fourth-order valence-electron chi connectivity index (χ4n) is 2.53. The van der Waals surface area contributed by atoms with Crippen molar-refractivity contribution in [1.29, 1.82) is 0 Å². The molecule has 3 rings (SSSR count). The van der Waals surface area contributed by atoms with Crippen LogP contribution in [0.1, 0.15) is 29.5 Å². The number of rotatable bonds is 6. The third-order valence-corrected chi connectivity index (χ3v) is 4.64. The fourth-order valence-corrected chi connectivity index (χ4v) is 3.37. The molecule has 0 bridgehead atoms. The summed E-state index contributed by atoms with van der Waals surface area (Å²) in [7, 11) is 3.14. The minimum atomic E-state index is -0.155. The van der Waals surface area contributed by atoms with E-state index in [9.17, 15) is 4.79 Å². The normalized spacial score (nSPS) is 16.8. The monoisotopic (exact) mass is 349 g/mol. The van der Waals surface area contributed by atoms with E-state index in [0.29, 0.717) is 16.6 Å². The van der Waals surface area contributed by atoms with Gasteiger partial charge < -0.3 is 19.5 Å². The fraction of sp³-hybridized carbons (Fsp3) is 0.438. The van der Waals surface area contributed by atoms with Crippen LogP contribution in [0.15, 0.2) is 18.2 Å². The van der Waals surface area contributed by atoms with Gasteiger partial charge in [0.1, 0.15) is 11.1 Å². The third kappa shape index (κ3) is 3.82. The van der Waals surface area contributed by atoms with E-state index in [1.54, 1.807) is 26.4 Å². The number of nitrogens with one attached hydrogen (secondary N) is 1. The molecule has 1 aliphatic heterocycles. The van der Waals surface area contributed by atoms with Gasteiger partial charge in [0, 0.05) is 6.61 Å². The van der Waals surface area contributed by atoms with Crippen LogP contribution < -0.4 is 14.8 Å². The minimum absolute atomic E-state index is 0.0130. The van der Waals surface area contributed by atoms with Crippen LogP contribution in [0.4, 0.5) is 5.13 Å². The van der Waals surface area contributed by atoms with Crippen LogP contribution in [0.2, 0.25) is 0 Å². The summed E-state index contributed by atoms with van der Waals surface area (Å²) in [5.74, 6) is 1.07. The van der Waals surface area contributed by atoms with Crippen molar-refractivity contribution in [2.45, 2.75) is 25.4 Å². The molecule has 1 aromatic carbocycles. The predicted octanol–water partition coefficient (Wildman–Crippen LogP) is 2.59. The van der Waals surface area contributed by atoms with Crippen molar-refractivity contribution in [3.63, 3.8) is 0 Å². The van der Waals surface area contributed by atoms with Gasteiger partial charge in [-0.05, 0) is 30.5 Å². The molecular weight excluding hydrogens is 330 g/mol. The highest BCUT2D eigenvalue weighted by Crippen LogP contribution is 2.32. The molecule has 1 N–H and O–H groups in total. The summed E-state index contributed by atoms with van der Waals surface area (Å²) in [4.78, 5) is 12.2. The molecule has 1 fully saturated rings. The second-order valence-corrected chi connectivity index (χ2v) is 6.37. The van der Waals surface area contributed by atoms with Crippen molar-refractivity contribution in [2.75, 3.05) is 26.1 Å². The van der Waals surface area contributed by atoms with Crippen LogP contribution in [0.5, 0.6) is 11.5 Å². The van der Waals surface area contributed by atoms with E-state index in [0.717, 1.165) is 30.0 Å². The van der Waals surface area contributed by atoms with Gasteiger partial charge in [-0.3, -0.25) is 4.79 Å². The summed E-state index contributed by atoms with van der Waals surface area (Å²) in [6.07, 6.45) is 2.22. The quantitative estimate of drug-likeness (QED) is 0.863. The van der Waals surface area contributed by atoms with Crippen LogP contribution in [0.3, 0.4) is 0 Å². The van der Waals surface area contributed by atoms with Crippen molar-refractivity contribution in [2.24, 2.45) is 0 Å². The average Bonchev–Trinajstić information content (AvgIpc) is 3.25. The summed E-state index contributed by atoms with van der Waals surface area (Å²) < 4.78 is 16.0. The Labute approximate surface area is 144 Å². The molecule has 0 spiro atoms. The summed E-state index contributed by atoms with van der Waals surface area (Å²) in [5.41, 5.74) is 0.828. The Balaban J connectivity index is 1.61. The molecule has 0 unspecified atom stereocenters. The lowest BCUT2D eigenvalue weighted by Crippen LogP contribution is -2.14. The lowest BCUT2D eigenvalue weighted by molar-refractivity contribution is -0.115. The molecule has 128 valence electrons. The molecule has 0 saturated carbocycles. The van der Waals surface area contributed by atoms with Gasteiger partial charge in [-0.25, -0.2) is 0 Å². The number of nitrogens with zero attached hydrogens (tertiary/aromatic N) is 2. The largest absolute Gasteiger partial charge is 0.493 e. The van der Waals surface area contributed by atoms with Crippen molar-refractivity contribution in [1.82, 2.24) is 10.2 Å². The molecule has 1 saturated heterocycles. The first-order chi connectivity index (χ1) is 11.7. The zero-order valence-corrected chi connectivity index (χ0v) is 14.4. The van der Waals surface area contributed by atoms with E-state index >= 15 is 0 Å². The van der Waals surface area contributed by atoms with E-state index in [1.807, 2.05) is 6.07 Å². The average molecular weight is 349 g/mol. The topological polar surface area (TPSA) is 82.6 Å². The first kappa shape index (κ1) is 16.7. The highest BCUT2D eigenvalue weighted by Gasteiger charge is 2.22. The summed E-state index contributed by atoms with van der Waals surface area (Å²) >= 11 is 1.36. The number of aromatic nitrogens is 2. The number of ether oxygens (including phenoxy) is 3. The van der Waals surface area contributed by atoms with Gasteiger partial charge >= 0.3 is 0 Å². The molecule has 24 heavy (non-hydrogen) atoms. The molecule has 2 aromatic rings. The van der Waals surface area contributed by atoms with Gasteiger partial charge in [0.05, 0.1) is 20.6 Å². The summed E-state index contributed by atoms with van der Waals surface area (Å²) in [6.45, 7) is 0.755. The minimum Gasteiger partial charge on any atom is -0.493 e. The Morgan fingerprint density at radius 2 is 2.17 bits per heavy atom. The lowest BCUT2D eigenvalue weighted by atomic mass is 10.1. The van der Waals surface area contributed by atoms with Gasteiger partial charge in [-0.1, -0.05) is 17.4 Å². The molecule has 1 aromatic heterocycles. The Morgan fingerprint density at radius 3 is 2.88 bits per heavy atom. The Hall–Kier alpha value is -2.19. The standard InChI is InChI=1S/C16H19N3O4S/c1-21-11-6-5-10(8-13(11)22-2)9-14(20)17-16-19-18-15(24-16)12-4-3-7-23-12/h5-6,8,12H,3-4,7,9H2,1-2H3,(H,17,19,20)/t12-/m1/s1. The van der Waals surface area contributed by atoms with Crippen molar-refractivity contribution < 1.29 is 19.0 Å². The second kappa shape index (κ2) is 7.59. The van der Waals surface area contributed by atoms with Gasteiger partial charge in [0.15, 0.2) is 11.5 Å². The molecule has 0 radical (unpaired) electrons. The first-order valence-corrected chi connectivity index (χ1v) is 8.47. The SMILES string of the molecule is COc1ccc(CC(=O)Nc2nnc([C@H]3CCCO3)s2)cc1OC. The zero-order valence-electron chi connectivity index (χ0n) is 13.6. The van der Waals surface area contributed by atoms with Crippen LogP contribution >= 0.6 is 11.3 Å². The number of carbonyl (C=O) groups excluding carboxylic acids is 1. The zero-order chi connectivity index (χ0) is 16.9. The maximum Gasteiger partial charge on any atom is 0.230 e. The van der Waals surface area contributed by atoms with Crippen LogP contribution in [-0.2, 0) is 16.0 Å². The Kier molecular flexibility index (Phi) is 5.27. The molecule has 2 heterocycles. The number of benzene rings is 1. The Morgan fingerprint density at radius 1 is 1.33 bits per heavy atom. The van der Waals surface area contributed by atoms with Crippen LogP contribution in [-0.4, -0.2) is 36.9 Å². The maximum atomic E-state index is 12.2. The molecule has 1 aliphatic rings. The Bertz CT molecular complexity index is 713. The van der Waals surface area contributed by atoms with Gasteiger partial charge in [0.2, 0.25) is 11.0 Å². The van der Waals surface area contributed by atoms with E-state index in [2.05, 4.69) is 15.5 Å². The highest BCUT2D eigenvalue weighted by molar-refractivity contribution is 7.15.